The summed E-state index contributed by atoms with van der Waals surface area (Å²) in [7, 11) is 0. The summed E-state index contributed by atoms with van der Waals surface area (Å²) < 4.78 is 4.86. The maximum Gasteiger partial charge on any atom is 0.330 e. The zero-order chi connectivity index (χ0) is 20.5. The first-order valence-corrected chi connectivity index (χ1v) is 9.91. The van der Waals surface area contributed by atoms with E-state index in [9.17, 15) is 9.59 Å². The number of benzene rings is 2. The number of esters is 1. The number of anilines is 1. The van der Waals surface area contributed by atoms with E-state index in [1.54, 1.807) is 13.0 Å². The van der Waals surface area contributed by atoms with Crippen LogP contribution < -0.4 is 5.32 Å². The maximum atomic E-state index is 12.5. The largest absolute Gasteiger partial charge is 0.463 e. The van der Waals surface area contributed by atoms with Gasteiger partial charge in [0.2, 0.25) is 0 Å². The Hall–Kier alpha value is -3.12. The highest BCUT2D eigenvalue weighted by Crippen LogP contribution is 2.13. The van der Waals surface area contributed by atoms with Gasteiger partial charge in [-0.1, -0.05) is 42.5 Å². The summed E-state index contributed by atoms with van der Waals surface area (Å²) in [6.07, 6.45) is 3.08. The van der Waals surface area contributed by atoms with Gasteiger partial charge in [0.05, 0.1) is 6.61 Å². The van der Waals surface area contributed by atoms with Crippen molar-refractivity contribution in [1.82, 2.24) is 9.80 Å². The number of hydrogen-bond donors (Lipinski definition) is 1. The van der Waals surface area contributed by atoms with Crippen molar-refractivity contribution < 1.29 is 14.3 Å². The number of hydrogen-bond acceptors (Lipinski definition) is 4. The quantitative estimate of drug-likeness (QED) is 0.602. The van der Waals surface area contributed by atoms with Gasteiger partial charge < -0.3 is 15.0 Å². The minimum Gasteiger partial charge on any atom is -0.463 e. The number of carbonyl (C=O) groups is 2. The van der Waals surface area contributed by atoms with Crippen LogP contribution in [0.25, 0.3) is 6.08 Å². The Morgan fingerprint density at radius 1 is 1.00 bits per heavy atom. The van der Waals surface area contributed by atoms with Gasteiger partial charge in [-0.25, -0.2) is 9.59 Å². The highest BCUT2D eigenvalue weighted by Gasteiger charge is 2.21. The molecule has 3 rings (SSSR count). The van der Waals surface area contributed by atoms with Crippen molar-refractivity contribution in [2.24, 2.45) is 0 Å². The van der Waals surface area contributed by atoms with Gasteiger partial charge in [-0.2, -0.15) is 0 Å². The lowest BCUT2D eigenvalue weighted by atomic mass is 10.2. The summed E-state index contributed by atoms with van der Waals surface area (Å²) in [5.74, 6) is -0.365. The van der Waals surface area contributed by atoms with E-state index in [4.69, 9.17) is 4.74 Å². The summed E-state index contributed by atoms with van der Waals surface area (Å²) >= 11 is 0. The van der Waals surface area contributed by atoms with Crippen LogP contribution in [0.1, 0.15) is 18.1 Å². The van der Waals surface area contributed by atoms with Crippen molar-refractivity contribution in [1.29, 1.82) is 0 Å². The smallest absolute Gasteiger partial charge is 0.330 e. The van der Waals surface area contributed by atoms with E-state index in [2.05, 4.69) is 34.5 Å². The first kappa shape index (κ1) is 20.6. The SMILES string of the molecule is CCOC(=O)C=Cc1ccc(NC(=O)N2CCN(Cc3ccccc3)CC2)cc1. The molecule has 0 saturated carbocycles. The van der Waals surface area contributed by atoms with E-state index >= 15 is 0 Å². The lowest BCUT2D eigenvalue weighted by Gasteiger charge is -2.34. The van der Waals surface area contributed by atoms with Gasteiger partial charge in [-0.3, -0.25) is 4.90 Å². The Bertz CT molecular complexity index is 826. The molecule has 1 N–H and O–H groups in total. The van der Waals surface area contributed by atoms with Gasteiger partial charge >= 0.3 is 12.0 Å². The molecule has 1 heterocycles. The monoisotopic (exact) mass is 393 g/mol. The molecule has 0 atom stereocenters. The summed E-state index contributed by atoms with van der Waals surface area (Å²) in [6, 6.07) is 17.7. The number of carbonyl (C=O) groups excluding carboxylic acids is 2. The molecule has 29 heavy (non-hydrogen) atoms. The fourth-order valence-corrected chi connectivity index (χ4v) is 3.19. The molecule has 2 amide bonds. The van der Waals surface area contributed by atoms with Crippen LogP contribution in [0.2, 0.25) is 0 Å². The zero-order valence-electron chi connectivity index (χ0n) is 16.7. The van der Waals surface area contributed by atoms with Crippen LogP contribution in [-0.4, -0.2) is 54.6 Å². The Labute approximate surface area is 171 Å². The minimum atomic E-state index is -0.365. The van der Waals surface area contributed by atoms with Crippen molar-refractivity contribution >= 4 is 23.8 Å². The minimum absolute atomic E-state index is 0.0841. The molecule has 0 spiro atoms. The van der Waals surface area contributed by atoms with E-state index in [1.165, 1.54) is 11.6 Å². The van der Waals surface area contributed by atoms with Crippen LogP contribution in [0.4, 0.5) is 10.5 Å². The first-order chi connectivity index (χ1) is 14.1. The molecule has 0 radical (unpaired) electrons. The summed E-state index contributed by atoms with van der Waals surface area (Å²) in [5.41, 5.74) is 2.89. The highest BCUT2D eigenvalue weighted by atomic mass is 16.5. The number of urea groups is 1. The topological polar surface area (TPSA) is 61.9 Å². The molecule has 0 aliphatic carbocycles. The fourth-order valence-electron chi connectivity index (χ4n) is 3.19. The van der Waals surface area contributed by atoms with Crippen molar-refractivity contribution in [3.8, 4) is 0 Å². The standard InChI is InChI=1S/C23H27N3O3/c1-2-29-22(27)13-10-19-8-11-21(12-9-19)24-23(28)26-16-14-25(15-17-26)18-20-6-4-3-5-7-20/h3-13H,2,14-18H2,1H3,(H,24,28). The van der Waals surface area contributed by atoms with E-state index in [-0.39, 0.29) is 12.0 Å². The van der Waals surface area contributed by atoms with Crippen LogP contribution >= 0.6 is 0 Å². The van der Waals surface area contributed by atoms with Crippen LogP contribution in [0, 0.1) is 0 Å². The van der Waals surface area contributed by atoms with E-state index in [0.29, 0.717) is 19.7 Å². The Balaban J connectivity index is 1.45. The first-order valence-electron chi connectivity index (χ1n) is 9.91. The van der Waals surface area contributed by atoms with Crippen LogP contribution in [0.15, 0.2) is 60.7 Å². The van der Waals surface area contributed by atoms with Crippen LogP contribution in [0.3, 0.4) is 0 Å². The van der Waals surface area contributed by atoms with Gasteiger partial charge in [0.15, 0.2) is 0 Å². The predicted octanol–water partition coefficient (Wildman–Crippen LogP) is 3.61. The molecule has 0 aromatic heterocycles. The number of nitrogens with one attached hydrogen (secondary N) is 1. The third kappa shape index (κ3) is 6.47. The third-order valence-corrected chi connectivity index (χ3v) is 4.77. The number of piperazine rings is 1. The molecule has 2 aromatic rings. The summed E-state index contributed by atoms with van der Waals surface area (Å²) in [6.45, 7) is 6.18. The zero-order valence-corrected chi connectivity index (χ0v) is 16.7. The maximum absolute atomic E-state index is 12.5. The second-order valence-corrected chi connectivity index (χ2v) is 6.89. The fraction of sp³-hybridized carbons (Fsp3) is 0.304. The van der Waals surface area contributed by atoms with Gasteiger partial charge in [0, 0.05) is 44.5 Å². The van der Waals surface area contributed by atoms with Gasteiger partial charge in [-0.15, -0.1) is 0 Å². The second-order valence-electron chi connectivity index (χ2n) is 6.89. The van der Waals surface area contributed by atoms with E-state index < -0.39 is 0 Å². The third-order valence-electron chi connectivity index (χ3n) is 4.77. The molecule has 0 unspecified atom stereocenters. The van der Waals surface area contributed by atoms with Crippen molar-refractivity contribution in [3.05, 3.63) is 71.8 Å². The molecule has 152 valence electrons. The summed E-state index contributed by atoms with van der Waals surface area (Å²) in [4.78, 5) is 28.1. The molecule has 0 bridgehead atoms. The highest BCUT2D eigenvalue weighted by molar-refractivity contribution is 5.90. The normalized spacial score (nSPS) is 14.7. The molecule has 1 aliphatic rings. The van der Waals surface area contributed by atoms with Crippen LogP contribution in [-0.2, 0) is 16.1 Å². The lowest BCUT2D eigenvalue weighted by Crippen LogP contribution is -2.49. The predicted molar refractivity (Wildman–Crippen MR) is 114 cm³/mol. The summed E-state index contributed by atoms with van der Waals surface area (Å²) in [5, 5.41) is 2.94. The molecular weight excluding hydrogens is 366 g/mol. The number of amides is 2. The van der Waals surface area contributed by atoms with Crippen molar-refractivity contribution in [3.63, 3.8) is 0 Å². The molecule has 6 nitrogen and oxygen atoms in total. The van der Waals surface area contributed by atoms with Gasteiger partial charge in [-0.05, 0) is 36.3 Å². The average Bonchev–Trinajstić information content (AvgIpc) is 2.75. The van der Waals surface area contributed by atoms with Gasteiger partial charge in [0.25, 0.3) is 0 Å². The lowest BCUT2D eigenvalue weighted by molar-refractivity contribution is -0.137. The van der Waals surface area contributed by atoms with Gasteiger partial charge in [0.1, 0.15) is 0 Å². The molecule has 1 fully saturated rings. The van der Waals surface area contributed by atoms with Crippen molar-refractivity contribution in [2.45, 2.75) is 13.5 Å². The molecule has 1 aliphatic heterocycles. The molecular formula is C23H27N3O3. The van der Waals surface area contributed by atoms with E-state index in [1.807, 2.05) is 35.2 Å². The molecule has 1 saturated heterocycles. The number of nitrogens with zero attached hydrogens (tertiary/aromatic N) is 2. The Kier molecular flexibility index (Phi) is 7.41. The van der Waals surface area contributed by atoms with Crippen molar-refractivity contribution in [2.75, 3.05) is 38.1 Å². The second kappa shape index (κ2) is 10.4. The Morgan fingerprint density at radius 3 is 2.34 bits per heavy atom. The Morgan fingerprint density at radius 2 is 1.69 bits per heavy atom. The molecule has 6 heteroatoms. The number of ether oxygens (including phenoxy) is 1. The van der Waals surface area contributed by atoms with E-state index in [0.717, 1.165) is 30.9 Å². The molecule has 2 aromatic carbocycles. The van der Waals surface area contributed by atoms with Crippen LogP contribution in [0.5, 0.6) is 0 Å². The average molecular weight is 393 g/mol. The number of rotatable bonds is 6.